The Morgan fingerprint density at radius 2 is 2.15 bits per heavy atom. The number of hydrogen-bond donors (Lipinski definition) is 3. The van der Waals surface area contributed by atoms with Crippen molar-refractivity contribution in [1.82, 2.24) is 0 Å². The third-order valence-corrected chi connectivity index (χ3v) is 1.90. The largest absolute Gasteiger partial charge is 0.507 e. The predicted octanol–water partition coefficient (Wildman–Crippen LogP) is 0.698. The molecule has 0 aromatic heterocycles. The summed E-state index contributed by atoms with van der Waals surface area (Å²) in [5, 5.41) is 18.2. The molecule has 0 aliphatic carbocycles. The molecule has 0 radical (unpaired) electrons. The van der Waals surface area contributed by atoms with Crippen LogP contribution >= 0.6 is 0 Å². The maximum atomic E-state index is 12.6. The van der Waals surface area contributed by atoms with E-state index >= 15 is 0 Å². The van der Waals surface area contributed by atoms with Gasteiger partial charge >= 0.3 is 0 Å². The molecule has 1 aromatic carbocycles. The van der Waals surface area contributed by atoms with E-state index in [0.717, 1.165) is 6.07 Å². The van der Waals surface area contributed by atoms with Gasteiger partial charge in [-0.3, -0.25) is 0 Å². The molecule has 0 amide bonds. The van der Waals surface area contributed by atoms with Crippen molar-refractivity contribution in [3.05, 3.63) is 29.6 Å². The summed E-state index contributed by atoms with van der Waals surface area (Å²) in [6.45, 7) is 1.24. The molecule has 0 saturated heterocycles. The monoisotopic (exact) mass is 185 g/mol. The molecule has 1 aromatic rings. The zero-order valence-electron chi connectivity index (χ0n) is 7.29. The van der Waals surface area contributed by atoms with E-state index in [2.05, 4.69) is 0 Å². The van der Waals surface area contributed by atoms with Crippen LogP contribution in [0.5, 0.6) is 5.75 Å². The molecule has 0 unspecified atom stereocenters. The number of phenolic OH excluding ortho intramolecular Hbond substituents is 1. The molecule has 0 heterocycles. The number of rotatable bonds is 2. The molecule has 1 rings (SSSR count). The smallest absolute Gasteiger partial charge is 0.126 e. The van der Waals surface area contributed by atoms with E-state index in [1.165, 1.54) is 12.1 Å². The van der Waals surface area contributed by atoms with Crippen molar-refractivity contribution in [2.45, 2.75) is 12.5 Å². The SMILES string of the molecule is C[C@@](N)(CO)c1ccc(F)cc1O. The lowest BCUT2D eigenvalue weighted by Crippen LogP contribution is -2.36. The lowest BCUT2D eigenvalue weighted by molar-refractivity contribution is 0.206. The highest BCUT2D eigenvalue weighted by atomic mass is 19.1. The molecule has 3 nitrogen and oxygen atoms in total. The number of aromatic hydroxyl groups is 1. The number of halogens is 1. The Hall–Kier alpha value is -1.13. The van der Waals surface area contributed by atoms with Gasteiger partial charge in [0.05, 0.1) is 12.1 Å². The summed E-state index contributed by atoms with van der Waals surface area (Å²) in [5.41, 5.74) is 4.94. The van der Waals surface area contributed by atoms with Crippen LogP contribution in [-0.2, 0) is 5.54 Å². The topological polar surface area (TPSA) is 66.5 Å². The fourth-order valence-electron chi connectivity index (χ4n) is 1.07. The highest BCUT2D eigenvalue weighted by Crippen LogP contribution is 2.27. The van der Waals surface area contributed by atoms with Crippen LogP contribution in [0, 0.1) is 5.82 Å². The fourth-order valence-corrected chi connectivity index (χ4v) is 1.07. The maximum absolute atomic E-state index is 12.6. The van der Waals surface area contributed by atoms with E-state index in [1.807, 2.05) is 0 Å². The van der Waals surface area contributed by atoms with Gasteiger partial charge in [0.2, 0.25) is 0 Å². The molecule has 13 heavy (non-hydrogen) atoms. The van der Waals surface area contributed by atoms with Crippen LogP contribution in [0.4, 0.5) is 4.39 Å². The molecule has 0 bridgehead atoms. The van der Waals surface area contributed by atoms with Gasteiger partial charge in [-0.05, 0) is 13.0 Å². The molecule has 4 N–H and O–H groups in total. The van der Waals surface area contributed by atoms with Gasteiger partial charge in [0.25, 0.3) is 0 Å². The van der Waals surface area contributed by atoms with Crippen molar-refractivity contribution < 1.29 is 14.6 Å². The minimum Gasteiger partial charge on any atom is -0.507 e. The molecule has 0 aliphatic rings. The van der Waals surface area contributed by atoms with E-state index in [9.17, 15) is 9.50 Å². The second kappa shape index (κ2) is 3.32. The van der Waals surface area contributed by atoms with E-state index in [4.69, 9.17) is 10.8 Å². The van der Waals surface area contributed by atoms with Gasteiger partial charge in [-0.1, -0.05) is 6.07 Å². The zero-order valence-corrected chi connectivity index (χ0v) is 7.29. The van der Waals surface area contributed by atoms with Gasteiger partial charge in [0.15, 0.2) is 0 Å². The molecule has 72 valence electrons. The quantitative estimate of drug-likeness (QED) is 0.635. The van der Waals surface area contributed by atoms with Crippen LogP contribution in [0.3, 0.4) is 0 Å². The van der Waals surface area contributed by atoms with Gasteiger partial charge in [-0.25, -0.2) is 4.39 Å². The average molecular weight is 185 g/mol. The van der Waals surface area contributed by atoms with Crippen molar-refractivity contribution in [3.8, 4) is 5.75 Å². The molecule has 0 aliphatic heterocycles. The summed E-state index contributed by atoms with van der Waals surface area (Å²) in [7, 11) is 0. The van der Waals surface area contributed by atoms with Gasteiger partial charge < -0.3 is 15.9 Å². The first-order valence-electron chi connectivity index (χ1n) is 3.86. The molecule has 0 spiro atoms. The highest BCUT2D eigenvalue weighted by Gasteiger charge is 2.23. The second-order valence-electron chi connectivity index (χ2n) is 3.24. The van der Waals surface area contributed by atoms with Crippen molar-refractivity contribution in [3.63, 3.8) is 0 Å². The third kappa shape index (κ3) is 1.96. The van der Waals surface area contributed by atoms with Crippen LogP contribution in [0.1, 0.15) is 12.5 Å². The zero-order chi connectivity index (χ0) is 10.1. The second-order valence-corrected chi connectivity index (χ2v) is 3.24. The average Bonchev–Trinajstić information content (AvgIpc) is 2.03. The Kier molecular flexibility index (Phi) is 2.54. The van der Waals surface area contributed by atoms with Crippen LogP contribution in [0.2, 0.25) is 0 Å². The summed E-state index contributed by atoms with van der Waals surface area (Å²) in [6.07, 6.45) is 0. The van der Waals surface area contributed by atoms with Gasteiger partial charge in [0, 0.05) is 11.6 Å². The lowest BCUT2D eigenvalue weighted by Gasteiger charge is -2.23. The van der Waals surface area contributed by atoms with Crippen LogP contribution < -0.4 is 5.73 Å². The Balaban J connectivity index is 3.16. The predicted molar refractivity (Wildman–Crippen MR) is 46.7 cm³/mol. The number of hydrogen-bond acceptors (Lipinski definition) is 3. The van der Waals surface area contributed by atoms with Gasteiger partial charge in [-0.15, -0.1) is 0 Å². The van der Waals surface area contributed by atoms with Gasteiger partial charge in [0.1, 0.15) is 11.6 Å². The summed E-state index contributed by atoms with van der Waals surface area (Å²) < 4.78 is 12.6. The van der Waals surface area contributed by atoms with Crippen LogP contribution in [0.25, 0.3) is 0 Å². The standard InChI is InChI=1S/C9H12FNO2/c1-9(11,5-12)7-3-2-6(10)4-8(7)13/h2-4,12-13H,5,11H2,1H3/t9-/m1/s1. The van der Waals surface area contributed by atoms with Crippen molar-refractivity contribution in [2.24, 2.45) is 5.73 Å². The first-order valence-corrected chi connectivity index (χ1v) is 3.86. The first kappa shape index (κ1) is 9.95. The van der Waals surface area contributed by atoms with Crippen molar-refractivity contribution in [1.29, 1.82) is 0 Å². The molecule has 0 saturated carbocycles. The first-order chi connectivity index (χ1) is 5.97. The summed E-state index contributed by atoms with van der Waals surface area (Å²) in [6, 6.07) is 3.52. The number of benzene rings is 1. The minimum absolute atomic E-state index is 0.237. The Bertz CT molecular complexity index is 312. The number of nitrogens with two attached hydrogens (primary N) is 1. The lowest BCUT2D eigenvalue weighted by atomic mass is 9.93. The summed E-state index contributed by atoms with van der Waals surface area (Å²) in [4.78, 5) is 0. The normalized spacial score (nSPS) is 15.4. The van der Waals surface area contributed by atoms with Crippen LogP contribution in [0.15, 0.2) is 18.2 Å². The van der Waals surface area contributed by atoms with E-state index in [0.29, 0.717) is 5.56 Å². The Morgan fingerprint density at radius 3 is 2.62 bits per heavy atom. The third-order valence-electron chi connectivity index (χ3n) is 1.90. The fraction of sp³-hybridized carbons (Fsp3) is 0.333. The van der Waals surface area contributed by atoms with E-state index < -0.39 is 11.4 Å². The molecular formula is C9H12FNO2. The maximum Gasteiger partial charge on any atom is 0.126 e. The number of aliphatic hydroxyl groups excluding tert-OH is 1. The van der Waals surface area contributed by atoms with Crippen LogP contribution in [-0.4, -0.2) is 16.8 Å². The minimum atomic E-state index is -1.04. The molecule has 4 heteroatoms. The summed E-state index contributed by atoms with van der Waals surface area (Å²) >= 11 is 0. The molecule has 0 fully saturated rings. The highest BCUT2D eigenvalue weighted by molar-refractivity contribution is 5.37. The Labute approximate surface area is 75.6 Å². The van der Waals surface area contributed by atoms with Gasteiger partial charge in [-0.2, -0.15) is 0 Å². The van der Waals surface area contributed by atoms with E-state index in [-0.39, 0.29) is 12.4 Å². The Morgan fingerprint density at radius 1 is 1.54 bits per heavy atom. The van der Waals surface area contributed by atoms with Crippen molar-refractivity contribution in [2.75, 3.05) is 6.61 Å². The van der Waals surface area contributed by atoms with E-state index in [1.54, 1.807) is 6.92 Å². The molecular weight excluding hydrogens is 173 g/mol. The molecule has 1 atom stereocenters. The number of aliphatic hydroxyl groups is 1. The van der Waals surface area contributed by atoms with Crippen molar-refractivity contribution >= 4 is 0 Å². The summed E-state index contributed by atoms with van der Waals surface area (Å²) in [5.74, 6) is -0.769. The number of phenols is 1.